The lowest BCUT2D eigenvalue weighted by Crippen LogP contribution is -2.38. The van der Waals surface area contributed by atoms with E-state index in [-0.39, 0.29) is 35.8 Å². The zero-order valence-corrected chi connectivity index (χ0v) is 20.8. The van der Waals surface area contributed by atoms with E-state index >= 15 is 0 Å². The van der Waals surface area contributed by atoms with Gasteiger partial charge in [0.15, 0.2) is 5.96 Å². The maximum absolute atomic E-state index is 11.9. The summed E-state index contributed by atoms with van der Waals surface area (Å²) in [5, 5.41) is 7.90. The highest BCUT2D eigenvalue weighted by atomic mass is 127. The molecule has 2 aromatic rings. The maximum Gasteiger partial charge on any atom is 0.253 e. The zero-order chi connectivity index (χ0) is 20.7. The lowest BCUT2D eigenvalue weighted by Gasteiger charge is -2.18. The number of halogens is 3. The van der Waals surface area contributed by atoms with Gasteiger partial charge in [-0.1, -0.05) is 48.3 Å². The van der Waals surface area contributed by atoms with E-state index in [0.29, 0.717) is 34.7 Å². The van der Waals surface area contributed by atoms with Crippen LogP contribution in [0.25, 0.3) is 0 Å². The van der Waals surface area contributed by atoms with Gasteiger partial charge < -0.3 is 15.5 Å². The van der Waals surface area contributed by atoms with Crippen molar-refractivity contribution < 1.29 is 4.79 Å². The molecule has 8 heteroatoms. The standard InChI is InChI=1S/C21H26Cl2N4O.HI/c1-14(19-17(22)6-5-7-18(19)23)12-25-21(24-2)26-13-15-8-10-16(11-9-15)20(28)27(3)4;/h5-11,14H,12-13H2,1-4H3,(H2,24,25,26);1H. The predicted molar refractivity (Wildman–Crippen MR) is 133 cm³/mol. The van der Waals surface area contributed by atoms with E-state index in [0.717, 1.165) is 11.1 Å². The molecule has 0 aliphatic heterocycles. The monoisotopic (exact) mass is 548 g/mol. The number of carbonyl (C=O) groups is 1. The van der Waals surface area contributed by atoms with Gasteiger partial charge in [-0.25, -0.2) is 0 Å². The summed E-state index contributed by atoms with van der Waals surface area (Å²) < 4.78 is 0. The van der Waals surface area contributed by atoms with Crippen molar-refractivity contribution in [2.75, 3.05) is 27.7 Å². The number of carbonyl (C=O) groups excluding carboxylic acids is 1. The van der Waals surface area contributed by atoms with Crippen molar-refractivity contribution >= 4 is 59.0 Å². The number of rotatable bonds is 6. The van der Waals surface area contributed by atoms with Crippen molar-refractivity contribution in [3.8, 4) is 0 Å². The van der Waals surface area contributed by atoms with Gasteiger partial charge in [0.1, 0.15) is 0 Å². The molecule has 2 N–H and O–H groups in total. The van der Waals surface area contributed by atoms with Crippen LogP contribution in [0.15, 0.2) is 47.5 Å². The van der Waals surface area contributed by atoms with E-state index in [1.54, 1.807) is 26.0 Å². The normalized spacial score (nSPS) is 12.0. The van der Waals surface area contributed by atoms with Crippen molar-refractivity contribution in [1.82, 2.24) is 15.5 Å². The van der Waals surface area contributed by atoms with E-state index in [2.05, 4.69) is 22.5 Å². The molecule has 2 rings (SSSR count). The summed E-state index contributed by atoms with van der Waals surface area (Å²) in [6.45, 7) is 3.30. The molecule has 0 bridgehead atoms. The largest absolute Gasteiger partial charge is 0.356 e. The Morgan fingerprint density at radius 1 is 1.07 bits per heavy atom. The fourth-order valence-corrected chi connectivity index (χ4v) is 3.53. The van der Waals surface area contributed by atoms with Crippen LogP contribution in [0.5, 0.6) is 0 Å². The summed E-state index contributed by atoms with van der Waals surface area (Å²) >= 11 is 12.6. The molecule has 1 atom stereocenters. The van der Waals surface area contributed by atoms with Gasteiger partial charge in [-0.3, -0.25) is 9.79 Å². The molecule has 5 nitrogen and oxygen atoms in total. The Balaban J connectivity index is 0.00000420. The molecule has 0 aliphatic carbocycles. The number of aliphatic imine (C=N–C) groups is 1. The van der Waals surface area contributed by atoms with Crippen LogP contribution in [-0.4, -0.2) is 44.5 Å². The van der Waals surface area contributed by atoms with Crippen LogP contribution < -0.4 is 10.6 Å². The Morgan fingerprint density at radius 3 is 2.17 bits per heavy atom. The molecule has 0 fully saturated rings. The Morgan fingerprint density at radius 2 is 1.66 bits per heavy atom. The number of benzene rings is 2. The van der Waals surface area contributed by atoms with Crippen molar-refractivity contribution in [2.24, 2.45) is 4.99 Å². The van der Waals surface area contributed by atoms with E-state index < -0.39 is 0 Å². The first-order valence-corrected chi connectivity index (χ1v) is 9.78. The lowest BCUT2D eigenvalue weighted by atomic mass is 10.0. The third-order valence-corrected chi connectivity index (χ3v) is 5.02. The molecule has 0 spiro atoms. The number of nitrogens with zero attached hydrogens (tertiary/aromatic N) is 2. The molecular weight excluding hydrogens is 522 g/mol. The molecular formula is C21H27Cl2IN4O. The second kappa shape index (κ2) is 12.2. The molecule has 0 aliphatic rings. The van der Waals surface area contributed by atoms with E-state index in [1.165, 1.54) is 0 Å². The minimum atomic E-state index is -0.00999. The number of nitrogens with one attached hydrogen (secondary N) is 2. The molecule has 158 valence electrons. The average Bonchev–Trinajstić information content (AvgIpc) is 2.67. The average molecular weight is 549 g/mol. The molecule has 0 aromatic heterocycles. The number of amides is 1. The lowest BCUT2D eigenvalue weighted by molar-refractivity contribution is 0.0827. The maximum atomic E-state index is 11.9. The van der Waals surface area contributed by atoms with Gasteiger partial charge in [-0.05, 0) is 35.4 Å². The van der Waals surface area contributed by atoms with Crippen molar-refractivity contribution in [3.05, 3.63) is 69.2 Å². The molecule has 29 heavy (non-hydrogen) atoms. The van der Waals surface area contributed by atoms with Gasteiger partial charge in [0, 0.05) is 55.8 Å². The molecule has 0 saturated carbocycles. The van der Waals surface area contributed by atoms with Gasteiger partial charge >= 0.3 is 0 Å². The zero-order valence-electron chi connectivity index (χ0n) is 17.0. The third kappa shape index (κ3) is 7.35. The number of hydrogen-bond acceptors (Lipinski definition) is 2. The predicted octanol–water partition coefficient (Wildman–Crippen LogP) is 4.78. The minimum absolute atomic E-state index is 0. The summed E-state index contributed by atoms with van der Waals surface area (Å²) in [6, 6.07) is 13.1. The minimum Gasteiger partial charge on any atom is -0.356 e. The molecule has 1 amide bonds. The highest BCUT2D eigenvalue weighted by Gasteiger charge is 2.14. The van der Waals surface area contributed by atoms with Gasteiger partial charge in [-0.2, -0.15) is 0 Å². The van der Waals surface area contributed by atoms with Crippen LogP contribution in [0.4, 0.5) is 0 Å². The summed E-state index contributed by atoms with van der Waals surface area (Å²) in [4.78, 5) is 17.8. The van der Waals surface area contributed by atoms with Gasteiger partial charge in [-0.15, -0.1) is 24.0 Å². The van der Waals surface area contributed by atoms with Crippen LogP contribution in [0.3, 0.4) is 0 Å². The first-order valence-electron chi connectivity index (χ1n) is 9.02. The molecule has 0 saturated heterocycles. The van der Waals surface area contributed by atoms with Gasteiger partial charge in [0.05, 0.1) is 0 Å². The fraction of sp³-hybridized carbons (Fsp3) is 0.333. The topological polar surface area (TPSA) is 56.7 Å². The van der Waals surface area contributed by atoms with Crippen molar-refractivity contribution in [2.45, 2.75) is 19.4 Å². The molecule has 0 radical (unpaired) electrons. The number of hydrogen-bond donors (Lipinski definition) is 2. The highest BCUT2D eigenvalue weighted by Crippen LogP contribution is 2.30. The summed E-state index contributed by atoms with van der Waals surface area (Å²) in [5.74, 6) is 0.795. The highest BCUT2D eigenvalue weighted by molar-refractivity contribution is 14.0. The second-order valence-corrected chi connectivity index (χ2v) is 7.55. The summed E-state index contributed by atoms with van der Waals surface area (Å²) in [7, 11) is 5.20. The molecule has 1 unspecified atom stereocenters. The van der Waals surface area contributed by atoms with Gasteiger partial charge in [0.25, 0.3) is 5.91 Å². The van der Waals surface area contributed by atoms with Crippen LogP contribution in [0.2, 0.25) is 10.0 Å². The van der Waals surface area contributed by atoms with Crippen LogP contribution >= 0.6 is 47.2 Å². The Kier molecular flexibility index (Phi) is 10.8. The van der Waals surface area contributed by atoms with E-state index in [9.17, 15) is 4.79 Å². The van der Waals surface area contributed by atoms with Crippen molar-refractivity contribution in [3.63, 3.8) is 0 Å². The van der Waals surface area contributed by atoms with Crippen LogP contribution in [0.1, 0.15) is 34.3 Å². The molecule has 0 heterocycles. The van der Waals surface area contributed by atoms with E-state index in [4.69, 9.17) is 23.2 Å². The Hall–Kier alpha value is -1.51. The summed E-state index contributed by atoms with van der Waals surface area (Å²) in [5.41, 5.74) is 2.65. The SMILES string of the molecule is CN=C(NCc1ccc(C(=O)N(C)C)cc1)NCC(C)c1c(Cl)cccc1Cl.I. The fourth-order valence-electron chi connectivity index (χ4n) is 2.76. The molecule has 2 aromatic carbocycles. The Bertz CT molecular complexity index is 821. The van der Waals surface area contributed by atoms with Crippen LogP contribution in [-0.2, 0) is 6.54 Å². The van der Waals surface area contributed by atoms with Crippen molar-refractivity contribution in [1.29, 1.82) is 0 Å². The summed E-state index contributed by atoms with van der Waals surface area (Å²) in [6.07, 6.45) is 0. The Labute approximate surface area is 199 Å². The first kappa shape index (κ1) is 25.5. The smallest absolute Gasteiger partial charge is 0.253 e. The quantitative estimate of drug-likeness (QED) is 0.310. The van der Waals surface area contributed by atoms with Gasteiger partial charge in [0.2, 0.25) is 0 Å². The number of guanidine groups is 1. The van der Waals surface area contributed by atoms with Crippen LogP contribution in [0, 0.1) is 0 Å². The van der Waals surface area contributed by atoms with E-state index in [1.807, 2.05) is 42.5 Å². The second-order valence-electron chi connectivity index (χ2n) is 6.74. The third-order valence-electron chi connectivity index (χ3n) is 4.36. The first-order chi connectivity index (χ1) is 13.3.